The molecule has 1 aromatic heterocycles. The van der Waals surface area contributed by atoms with Crippen LogP contribution in [0.15, 0.2) is 23.4 Å². The molecule has 78 valence electrons. The molecule has 1 aromatic rings. The minimum absolute atomic E-state index is 0.174. The van der Waals surface area contributed by atoms with Gasteiger partial charge in [0.2, 0.25) is 0 Å². The van der Waals surface area contributed by atoms with Crippen LogP contribution >= 0.6 is 0 Å². The zero-order chi connectivity index (χ0) is 10.8. The van der Waals surface area contributed by atoms with Gasteiger partial charge in [-0.05, 0) is 12.1 Å². The third-order valence-corrected chi connectivity index (χ3v) is 2.32. The quantitative estimate of drug-likeness (QED) is 0.769. The number of ether oxygens (including phenoxy) is 1. The zero-order valence-corrected chi connectivity index (χ0v) is 7.96. The van der Waals surface area contributed by atoms with Gasteiger partial charge in [0.1, 0.15) is 5.75 Å². The third-order valence-electron chi connectivity index (χ3n) is 1.31. The van der Waals surface area contributed by atoms with Crippen LogP contribution in [0.2, 0.25) is 0 Å². The maximum Gasteiger partial charge on any atom is 0.387 e. The number of alkyl halides is 2. The van der Waals surface area contributed by atoms with E-state index >= 15 is 0 Å². The first kappa shape index (κ1) is 10.8. The molecule has 14 heavy (non-hydrogen) atoms. The molecular formula is C7H7F2NO3S. The van der Waals surface area contributed by atoms with Gasteiger partial charge in [0, 0.05) is 6.26 Å². The normalized spacial score (nSPS) is 11.7. The Labute approximate surface area is 79.5 Å². The first-order valence-electron chi connectivity index (χ1n) is 3.50. The van der Waals surface area contributed by atoms with Crippen molar-refractivity contribution in [2.75, 3.05) is 6.26 Å². The summed E-state index contributed by atoms with van der Waals surface area (Å²) >= 11 is 0. The standard InChI is InChI=1S/C7H7F2NO3S/c1-14(11,12)6-3-2-5(4-10-6)13-7(8)9/h2-4,7H,1H3. The number of rotatable bonds is 3. The summed E-state index contributed by atoms with van der Waals surface area (Å²) in [4.78, 5) is 3.46. The smallest absolute Gasteiger partial charge is 0.387 e. The second kappa shape index (κ2) is 3.87. The second-order valence-electron chi connectivity index (χ2n) is 2.48. The summed E-state index contributed by atoms with van der Waals surface area (Å²) in [6, 6.07) is 2.22. The maximum absolute atomic E-state index is 11.7. The van der Waals surface area contributed by atoms with E-state index in [1.54, 1.807) is 0 Å². The van der Waals surface area contributed by atoms with Crippen molar-refractivity contribution in [3.05, 3.63) is 18.3 Å². The monoisotopic (exact) mass is 223 g/mol. The molecule has 0 spiro atoms. The van der Waals surface area contributed by atoms with Gasteiger partial charge in [-0.3, -0.25) is 0 Å². The first-order valence-corrected chi connectivity index (χ1v) is 5.39. The molecule has 0 unspecified atom stereocenters. The van der Waals surface area contributed by atoms with Crippen LogP contribution in [0.1, 0.15) is 0 Å². The van der Waals surface area contributed by atoms with Crippen LogP contribution in [-0.4, -0.2) is 26.3 Å². The van der Waals surface area contributed by atoms with Crippen molar-refractivity contribution in [1.29, 1.82) is 0 Å². The van der Waals surface area contributed by atoms with Gasteiger partial charge < -0.3 is 4.74 Å². The van der Waals surface area contributed by atoms with Crippen molar-refractivity contribution in [2.24, 2.45) is 0 Å². The Morgan fingerprint density at radius 1 is 1.43 bits per heavy atom. The van der Waals surface area contributed by atoms with Gasteiger partial charge in [-0.2, -0.15) is 8.78 Å². The molecule has 0 aromatic carbocycles. The lowest BCUT2D eigenvalue weighted by Gasteiger charge is -2.03. The minimum atomic E-state index is -3.40. The highest BCUT2D eigenvalue weighted by atomic mass is 32.2. The van der Waals surface area contributed by atoms with Crippen LogP contribution in [0.5, 0.6) is 5.75 Å². The largest absolute Gasteiger partial charge is 0.433 e. The summed E-state index contributed by atoms with van der Waals surface area (Å²) in [5, 5.41) is -0.181. The molecule has 0 amide bonds. The van der Waals surface area contributed by atoms with Gasteiger partial charge in [-0.15, -0.1) is 0 Å². The van der Waals surface area contributed by atoms with Crippen molar-refractivity contribution in [3.63, 3.8) is 0 Å². The fourth-order valence-corrected chi connectivity index (χ4v) is 1.32. The number of aromatic nitrogens is 1. The summed E-state index contributed by atoms with van der Waals surface area (Å²) < 4.78 is 49.2. The van der Waals surface area contributed by atoms with Gasteiger partial charge in [0.25, 0.3) is 0 Å². The molecule has 1 rings (SSSR count). The number of hydrogen-bond acceptors (Lipinski definition) is 4. The van der Waals surface area contributed by atoms with Crippen molar-refractivity contribution in [2.45, 2.75) is 11.6 Å². The zero-order valence-electron chi connectivity index (χ0n) is 7.15. The molecule has 0 N–H and O–H groups in total. The molecule has 0 saturated carbocycles. The molecule has 7 heteroatoms. The minimum Gasteiger partial charge on any atom is -0.433 e. The summed E-state index contributed by atoms with van der Waals surface area (Å²) in [7, 11) is -3.40. The van der Waals surface area contributed by atoms with Crippen LogP contribution in [-0.2, 0) is 9.84 Å². The van der Waals surface area contributed by atoms with E-state index in [-0.39, 0.29) is 10.8 Å². The number of nitrogens with zero attached hydrogens (tertiary/aromatic N) is 1. The van der Waals surface area contributed by atoms with E-state index < -0.39 is 16.4 Å². The molecule has 0 radical (unpaired) electrons. The highest BCUT2D eigenvalue weighted by Gasteiger charge is 2.09. The van der Waals surface area contributed by atoms with Crippen LogP contribution in [0, 0.1) is 0 Å². The van der Waals surface area contributed by atoms with E-state index in [0.717, 1.165) is 24.6 Å². The number of halogens is 2. The highest BCUT2D eigenvalue weighted by molar-refractivity contribution is 7.90. The van der Waals surface area contributed by atoms with Crippen molar-refractivity contribution < 1.29 is 21.9 Å². The van der Waals surface area contributed by atoms with E-state index in [2.05, 4.69) is 9.72 Å². The Balaban J connectivity index is 2.90. The second-order valence-corrected chi connectivity index (χ2v) is 4.45. The third kappa shape index (κ3) is 2.91. The number of sulfone groups is 1. The van der Waals surface area contributed by atoms with Gasteiger partial charge in [-0.1, -0.05) is 0 Å². The van der Waals surface area contributed by atoms with Crippen LogP contribution in [0.25, 0.3) is 0 Å². The van der Waals surface area contributed by atoms with E-state index in [1.165, 1.54) is 0 Å². The van der Waals surface area contributed by atoms with Crippen molar-refractivity contribution in [1.82, 2.24) is 4.98 Å². The Kier molecular flexibility index (Phi) is 3.00. The van der Waals surface area contributed by atoms with E-state index in [9.17, 15) is 17.2 Å². The fraction of sp³-hybridized carbons (Fsp3) is 0.286. The lowest BCUT2D eigenvalue weighted by atomic mass is 10.5. The average molecular weight is 223 g/mol. The Morgan fingerprint density at radius 2 is 2.07 bits per heavy atom. The molecule has 1 heterocycles. The number of pyridine rings is 1. The van der Waals surface area contributed by atoms with E-state index in [1.807, 2.05) is 0 Å². The Morgan fingerprint density at radius 3 is 2.43 bits per heavy atom. The van der Waals surface area contributed by atoms with Gasteiger partial charge in [-0.25, -0.2) is 13.4 Å². The molecule has 0 saturated heterocycles. The Bertz CT molecular complexity index is 401. The molecular weight excluding hydrogens is 216 g/mol. The predicted molar refractivity (Wildman–Crippen MR) is 44.0 cm³/mol. The molecule has 0 aliphatic rings. The van der Waals surface area contributed by atoms with Gasteiger partial charge in [0.05, 0.1) is 6.20 Å². The SMILES string of the molecule is CS(=O)(=O)c1ccc(OC(F)F)cn1. The van der Waals surface area contributed by atoms with E-state index in [0.29, 0.717) is 0 Å². The summed E-state index contributed by atoms with van der Waals surface area (Å²) in [6.07, 6.45) is 1.91. The molecule has 0 aliphatic carbocycles. The molecule has 0 fully saturated rings. The van der Waals surface area contributed by atoms with Gasteiger partial charge >= 0.3 is 6.61 Å². The fourth-order valence-electron chi connectivity index (χ4n) is 0.759. The molecule has 4 nitrogen and oxygen atoms in total. The number of hydrogen-bond donors (Lipinski definition) is 0. The lowest BCUT2D eigenvalue weighted by Crippen LogP contribution is -2.04. The van der Waals surface area contributed by atoms with Crippen molar-refractivity contribution >= 4 is 9.84 Å². The Hall–Kier alpha value is -1.24. The molecule has 0 aliphatic heterocycles. The summed E-state index contributed by atoms with van der Waals surface area (Å²) in [6.45, 7) is -2.94. The lowest BCUT2D eigenvalue weighted by molar-refractivity contribution is -0.0501. The summed E-state index contributed by atoms with van der Waals surface area (Å²) in [5.41, 5.74) is 0. The van der Waals surface area contributed by atoms with Crippen molar-refractivity contribution in [3.8, 4) is 5.75 Å². The topological polar surface area (TPSA) is 56.3 Å². The first-order chi connectivity index (χ1) is 6.39. The van der Waals surface area contributed by atoms with Crippen LogP contribution in [0.4, 0.5) is 8.78 Å². The van der Waals surface area contributed by atoms with Gasteiger partial charge in [0.15, 0.2) is 14.9 Å². The average Bonchev–Trinajstić information content (AvgIpc) is 2.02. The molecule has 0 atom stereocenters. The predicted octanol–water partition coefficient (Wildman–Crippen LogP) is 1.09. The van der Waals surface area contributed by atoms with Crippen LogP contribution < -0.4 is 4.74 Å². The van der Waals surface area contributed by atoms with Crippen LogP contribution in [0.3, 0.4) is 0 Å². The maximum atomic E-state index is 11.7. The van der Waals surface area contributed by atoms with E-state index in [4.69, 9.17) is 0 Å². The highest BCUT2D eigenvalue weighted by Crippen LogP contribution is 2.14. The summed E-state index contributed by atoms with van der Waals surface area (Å²) in [5.74, 6) is -0.174. The molecule has 0 bridgehead atoms.